The molecule has 12 rings (SSSR count). The minimum absolute atomic E-state index is 0.171. The first-order valence-electron chi connectivity index (χ1n) is 27.4. The van der Waals surface area contributed by atoms with E-state index in [1.807, 2.05) is 44.2 Å². The second-order valence-corrected chi connectivity index (χ2v) is 21.1. The number of furan rings is 1. The standard InChI is InChI=1S/C67H55NO.C8H12/c1-5-16-48-20-15-24-56(66(48)54-21-10-9-17-44(54)2)51-32-38-57-60-41-50(33-40-61(60)67(3,4)62(57)42-51)55-22-11-13-25-63(55)68(52-34-27-46(28-35-52)45-18-7-6-8-19-45)53-36-29-47(30-37-53)49-31-39-59-58-23-12-14-26-64(58)69-65(59)43-49;1-4-6-8(3)7-5-2/h7,9-15,17-43H,5-6,8,16H2,1-4H3;4-7H,1H2,2-3H3/b;7-5-,8-6-. The van der Waals surface area contributed by atoms with Gasteiger partial charge in [0.2, 0.25) is 0 Å². The van der Waals surface area contributed by atoms with Gasteiger partial charge in [-0.3, -0.25) is 0 Å². The van der Waals surface area contributed by atoms with E-state index in [4.69, 9.17) is 4.42 Å². The summed E-state index contributed by atoms with van der Waals surface area (Å²) in [6.45, 7) is 16.9. The van der Waals surface area contributed by atoms with E-state index in [0.717, 1.165) is 75.8 Å². The number of hydrogen-bond donors (Lipinski definition) is 0. The Labute approximate surface area is 456 Å². The van der Waals surface area contributed by atoms with Gasteiger partial charge in [0.15, 0.2) is 0 Å². The molecular weight excluding hydrogens is 931 g/mol. The Kier molecular flexibility index (Phi) is 14.3. The molecule has 1 heterocycles. The average Bonchev–Trinajstić information content (AvgIpc) is 4.08. The summed E-state index contributed by atoms with van der Waals surface area (Å²) in [5.74, 6) is 0. The van der Waals surface area contributed by atoms with Gasteiger partial charge in [-0.05, 0) is 184 Å². The van der Waals surface area contributed by atoms with Gasteiger partial charge in [-0.1, -0.05) is 215 Å². The Morgan fingerprint density at radius 1 is 0.584 bits per heavy atom. The van der Waals surface area contributed by atoms with E-state index >= 15 is 0 Å². The number of rotatable bonds is 12. The maximum absolute atomic E-state index is 6.30. The van der Waals surface area contributed by atoms with E-state index in [2.05, 4.69) is 239 Å². The minimum atomic E-state index is -0.171. The maximum Gasteiger partial charge on any atom is 0.136 e. The normalized spacial score (nSPS) is 13.5. The summed E-state index contributed by atoms with van der Waals surface area (Å²) >= 11 is 0. The SMILES string of the molecule is C=C/C=C(C)\C=C/C.CCCc1cccc(-c2ccc3c(c2)C(C)(C)c2ccc(-c4ccccc4N(c4ccc(C5=CCCC=C5)cc4)c4ccc(-c5ccc6c(c5)oc5ccccc56)cc4)cc2-3)c1-c1ccccc1C. The smallest absolute Gasteiger partial charge is 0.136 e. The molecule has 1 aromatic heterocycles. The predicted octanol–water partition coefficient (Wildman–Crippen LogP) is 21.7. The number of hydrogen-bond acceptors (Lipinski definition) is 2. The third-order valence-electron chi connectivity index (χ3n) is 15.6. The Hall–Kier alpha value is -8.72. The second-order valence-electron chi connectivity index (χ2n) is 21.1. The highest BCUT2D eigenvalue weighted by Gasteiger charge is 2.36. The van der Waals surface area contributed by atoms with E-state index < -0.39 is 0 Å². The van der Waals surface area contributed by atoms with Gasteiger partial charge in [-0.25, -0.2) is 0 Å². The lowest BCUT2D eigenvalue weighted by Gasteiger charge is -2.28. The zero-order valence-electron chi connectivity index (χ0n) is 45.4. The van der Waals surface area contributed by atoms with Gasteiger partial charge >= 0.3 is 0 Å². The summed E-state index contributed by atoms with van der Waals surface area (Å²) in [5, 5.41) is 2.29. The molecule has 0 bridgehead atoms. The third kappa shape index (κ3) is 9.89. The van der Waals surface area contributed by atoms with Crippen LogP contribution >= 0.6 is 0 Å². The Bertz CT molecular complexity index is 3940. The molecule has 0 saturated heterocycles. The Morgan fingerprint density at radius 3 is 1.99 bits per heavy atom. The number of benzene rings is 9. The highest BCUT2D eigenvalue weighted by atomic mass is 16.3. The fourth-order valence-electron chi connectivity index (χ4n) is 11.8. The Balaban J connectivity index is 0.000000732. The monoisotopic (exact) mass is 998 g/mol. The number of fused-ring (bicyclic) bond motifs is 6. The molecule has 2 aliphatic carbocycles. The topological polar surface area (TPSA) is 16.4 Å². The summed E-state index contributed by atoms with van der Waals surface area (Å²) in [6.07, 6.45) is 19.0. The number of nitrogens with zero attached hydrogens (tertiary/aromatic N) is 1. The van der Waals surface area contributed by atoms with Crippen molar-refractivity contribution in [1.82, 2.24) is 0 Å². The first kappa shape index (κ1) is 50.4. The van der Waals surface area contributed by atoms with Gasteiger partial charge in [-0.15, -0.1) is 0 Å². The van der Waals surface area contributed by atoms with Crippen LogP contribution in [0.3, 0.4) is 0 Å². The van der Waals surface area contributed by atoms with Crippen LogP contribution in [0, 0.1) is 6.92 Å². The fraction of sp³-hybridized carbons (Fsp3) is 0.147. The van der Waals surface area contributed by atoms with Crippen molar-refractivity contribution in [3.8, 4) is 55.6 Å². The van der Waals surface area contributed by atoms with E-state index in [1.54, 1.807) is 6.08 Å². The lowest BCUT2D eigenvalue weighted by atomic mass is 9.80. The molecule has 0 saturated carbocycles. The van der Waals surface area contributed by atoms with Gasteiger partial charge in [0.05, 0.1) is 5.69 Å². The van der Waals surface area contributed by atoms with Gasteiger partial charge in [0.25, 0.3) is 0 Å². The average molecular weight is 998 g/mol. The zero-order valence-corrected chi connectivity index (χ0v) is 45.4. The Morgan fingerprint density at radius 2 is 1.25 bits per heavy atom. The largest absolute Gasteiger partial charge is 0.456 e. The van der Waals surface area contributed by atoms with E-state index in [1.165, 1.54) is 83.5 Å². The van der Waals surface area contributed by atoms with Crippen LogP contribution in [-0.4, -0.2) is 0 Å². The molecule has 378 valence electrons. The van der Waals surface area contributed by atoms with E-state index in [-0.39, 0.29) is 5.41 Å². The summed E-state index contributed by atoms with van der Waals surface area (Å²) in [4.78, 5) is 2.42. The van der Waals surface area contributed by atoms with Crippen LogP contribution in [0.15, 0.2) is 253 Å². The first-order chi connectivity index (χ1) is 37.6. The number of allylic oxidation sites excluding steroid dienone is 9. The minimum Gasteiger partial charge on any atom is -0.456 e. The van der Waals surface area contributed by atoms with Crippen LogP contribution in [0.5, 0.6) is 0 Å². The lowest BCUT2D eigenvalue weighted by molar-refractivity contribution is 0.660. The van der Waals surface area contributed by atoms with Crippen molar-refractivity contribution in [1.29, 1.82) is 0 Å². The van der Waals surface area contributed by atoms with Crippen molar-refractivity contribution >= 4 is 44.6 Å². The van der Waals surface area contributed by atoms with E-state index in [9.17, 15) is 0 Å². The molecule has 77 heavy (non-hydrogen) atoms. The van der Waals surface area contributed by atoms with Crippen LogP contribution in [-0.2, 0) is 11.8 Å². The molecule has 0 aliphatic heterocycles. The van der Waals surface area contributed by atoms with Gasteiger partial charge < -0.3 is 9.32 Å². The fourth-order valence-corrected chi connectivity index (χ4v) is 11.8. The van der Waals surface area contributed by atoms with Crippen molar-refractivity contribution in [2.75, 3.05) is 4.90 Å². The van der Waals surface area contributed by atoms with Crippen molar-refractivity contribution in [2.45, 2.75) is 72.6 Å². The summed E-state index contributed by atoms with van der Waals surface area (Å²) < 4.78 is 6.30. The predicted molar refractivity (Wildman–Crippen MR) is 332 cm³/mol. The number of para-hydroxylation sites is 2. The maximum atomic E-state index is 6.30. The molecule has 10 aromatic rings. The first-order valence-corrected chi connectivity index (χ1v) is 27.4. The van der Waals surface area contributed by atoms with Crippen LogP contribution in [0.4, 0.5) is 17.1 Å². The van der Waals surface area contributed by atoms with Crippen molar-refractivity contribution in [2.24, 2.45) is 0 Å². The molecule has 0 atom stereocenters. The quantitative estimate of drug-likeness (QED) is 0.113. The molecule has 2 nitrogen and oxygen atoms in total. The van der Waals surface area contributed by atoms with Crippen molar-refractivity contribution in [3.05, 3.63) is 277 Å². The lowest BCUT2D eigenvalue weighted by Crippen LogP contribution is -2.15. The third-order valence-corrected chi connectivity index (χ3v) is 15.6. The molecule has 0 spiro atoms. The van der Waals surface area contributed by atoms with Crippen molar-refractivity contribution < 1.29 is 4.42 Å². The molecule has 0 N–H and O–H groups in total. The summed E-state index contributed by atoms with van der Waals surface area (Å²) in [7, 11) is 0. The molecular formula is C75H67NO. The van der Waals surface area contributed by atoms with Gasteiger partial charge in [-0.2, -0.15) is 0 Å². The highest BCUT2D eigenvalue weighted by molar-refractivity contribution is 6.06. The number of aryl methyl sites for hydroxylation is 2. The summed E-state index contributed by atoms with van der Waals surface area (Å²) in [6, 6.07) is 72.0. The molecule has 2 heteroatoms. The molecule has 0 amide bonds. The van der Waals surface area contributed by atoms with Crippen LogP contribution in [0.25, 0.3) is 83.1 Å². The number of anilines is 3. The van der Waals surface area contributed by atoms with Gasteiger partial charge in [0.1, 0.15) is 11.2 Å². The molecule has 0 unspecified atom stereocenters. The molecule has 0 fully saturated rings. The van der Waals surface area contributed by atoms with E-state index in [0.29, 0.717) is 0 Å². The molecule has 2 aliphatic rings. The molecule has 0 radical (unpaired) electrons. The molecule has 9 aromatic carbocycles. The van der Waals surface area contributed by atoms with Crippen LogP contribution < -0.4 is 4.90 Å². The van der Waals surface area contributed by atoms with Crippen LogP contribution in [0.2, 0.25) is 0 Å². The zero-order chi connectivity index (χ0) is 53.0. The second kappa shape index (κ2) is 21.9. The van der Waals surface area contributed by atoms with Gasteiger partial charge in [0, 0.05) is 33.1 Å². The van der Waals surface area contributed by atoms with Crippen molar-refractivity contribution in [3.63, 3.8) is 0 Å². The summed E-state index contributed by atoms with van der Waals surface area (Å²) in [5.41, 5.74) is 26.7. The highest BCUT2D eigenvalue weighted by Crippen LogP contribution is 2.52. The van der Waals surface area contributed by atoms with Crippen LogP contribution in [0.1, 0.15) is 81.7 Å².